The van der Waals surface area contributed by atoms with Crippen molar-refractivity contribution in [3.63, 3.8) is 0 Å². The predicted octanol–water partition coefficient (Wildman–Crippen LogP) is 1.68. The van der Waals surface area contributed by atoms with Gasteiger partial charge >= 0.3 is 0 Å². The first-order valence-corrected chi connectivity index (χ1v) is 6.92. The molecule has 2 unspecified atom stereocenters. The molecule has 0 aromatic heterocycles. The molecule has 0 saturated heterocycles. The minimum atomic E-state index is 0.316. The SMILES string of the molecule is CCNC1c2ccccc2OCC1N(C)CCOC. The van der Waals surface area contributed by atoms with Gasteiger partial charge in [0.2, 0.25) is 0 Å². The number of ether oxygens (including phenoxy) is 2. The van der Waals surface area contributed by atoms with Gasteiger partial charge in [0.05, 0.1) is 18.7 Å². The maximum Gasteiger partial charge on any atom is 0.124 e. The summed E-state index contributed by atoms with van der Waals surface area (Å²) in [5.41, 5.74) is 1.25. The third kappa shape index (κ3) is 3.26. The van der Waals surface area contributed by atoms with Crippen molar-refractivity contribution in [3.05, 3.63) is 29.8 Å². The number of benzene rings is 1. The number of fused-ring (bicyclic) bond motifs is 1. The number of likely N-dealkylation sites (N-methyl/N-ethyl adjacent to an activating group) is 2. The van der Waals surface area contributed by atoms with Crippen LogP contribution in [0.15, 0.2) is 24.3 Å². The number of rotatable bonds is 6. The number of nitrogens with zero attached hydrogens (tertiary/aromatic N) is 1. The summed E-state index contributed by atoms with van der Waals surface area (Å²) in [5, 5.41) is 3.59. The third-order valence-corrected chi connectivity index (χ3v) is 3.69. The van der Waals surface area contributed by atoms with Gasteiger partial charge in [-0.25, -0.2) is 0 Å². The Morgan fingerprint density at radius 3 is 2.95 bits per heavy atom. The van der Waals surface area contributed by atoms with Gasteiger partial charge in [0.1, 0.15) is 12.4 Å². The van der Waals surface area contributed by atoms with Crippen LogP contribution in [0.1, 0.15) is 18.5 Å². The minimum Gasteiger partial charge on any atom is -0.492 e. The zero-order chi connectivity index (χ0) is 13.7. The molecule has 106 valence electrons. The van der Waals surface area contributed by atoms with E-state index in [-0.39, 0.29) is 0 Å². The van der Waals surface area contributed by atoms with E-state index in [2.05, 4.69) is 36.3 Å². The Morgan fingerprint density at radius 1 is 1.42 bits per heavy atom. The first kappa shape index (κ1) is 14.3. The Morgan fingerprint density at radius 2 is 2.21 bits per heavy atom. The molecule has 0 amide bonds. The molecule has 4 nitrogen and oxygen atoms in total. The fourth-order valence-corrected chi connectivity index (χ4v) is 2.60. The molecule has 1 aromatic rings. The Hall–Kier alpha value is -1.10. The van der Waals surface area contributed by atoms with E-state index >= 15 is 0 Å². The number of para-hydroxylation sites is 1. The first-order chi connectivity index (χ1) is 9.27. The standard InChI is InChI=1S/C15H24N2O2/c1-4-16-15-12-7-5-6-8-14(12)19-11-13(15)17(2)9-10-18-3/h5-8,13,15-16H,4,9-11H2,1-3H3. The van der Waals surface area contributed by atoms with Crippen molar-refractivity contribution >= 4 is 0 Å². The molecule has 19 heavy (non-hydrogen) atoms. The van der Waals surface area contributed by atoms with Crippen molar-refractivity contribution in [2.75, 3.05) is 40.5 Å². The van der Waals surface area contributed by atoms with E-state index in [1.54, 1.807) is 7.11 Å². The lowest BCUT2D eigenvalue weighted by Crippen LogP contribution is -2.49. The van der Waals surface area contributed by atoms with Crippen LogP contribution in [0.5, 0.6) is 5.75 Å². The molecule has 0 radical (unpaired) electrons. The molecule has 1 aromatic carbocycles. The molecule has 4 heteroatoms. The van der Waals surface area contributed by atoms with Gasteiger partial charge < -0.3 is 14.8 Å². The molecule has 2 atom stereocenters. The van der Waals surface area contributed by atoms with Crippen molar-refractivity contribution in [2.24, 2.45) is 0 Å². The highest BCUT2D eigenvalue weighted by Gasteiger charge is 2.32. The zero-order valence-corrected chi connectivity index (χ0v) is 12.1. The smallest absolute Gasteiger partial charge is 0.124 e. The second-order valence-electron chi connectivity index (χ2n) is 4.92. The van der Waals surface area contributed by atoms with E-state index in [4.69, 9.17) is 9.47 Å². The summed E-state index contributed by atoms with van der Waals surface area (Å²) in [6.45, 7) is 5.47. The van der Waals surface area contributed by atoms with Gasteiger partial charge in [-0.1, -0.05) is 25.1 Å². The normalized spacial score (nSPS) is 22.1. The number of hydrogen-bond acceptors (Lipinski definition) is 4. The Kier molecular flexibility index (Phi) is 5.19. The summed E-state index contributed by atoms with van der Waals surface area (Å²) < 4.78 is 11.1. The number of hydrogen-bond donors (Lipinski definition) is 1. The molecule has 2 rings (SSSR count). The molecule has 0 aliphatic carbocycles. The number of nitrogens with one attached hydrogen (secondary N) is 1. The fourth-order valence-electron chi connectivity index (χ4n) is 2.60. The van der Waals surface area contributed by atoms with Crippen LogP contribution in [0.4, 0.5) is 0 Å². The topological polar surface area (TPSA) is 33.7 Å². The van der Waals surface area contributed by atoms with Crippen molar-refractivity contribution in [1.82, 2.24) is 10.2 Å². The summed E-state index contributed by atoms with van der Waals surface area (Å²) in [7, 11) is 3.87. The molecule has 1 aliphatic rings. The van der Waals surface area contributed by atoms with Gasteiger partial charge in [0.25, 0.3) is 0 Å². The molecule has 1 aliphatic heterocycles. The van der Waals surface area contributed by atoms with Crippen LogP contribution >= 0.6 is 0 Å². The second-order valence-corrected chi connectivity index (χ2v) is 4.92. The molecular weight excluding hydrogens is 240 g/mol. The molecule has 1 heterocycles. The Balaban J connectivity index is 2.16. The maximum absolute atomic E-state index is 5.89. The monoisotopic (exact) mass is 264 g/mol. The van der Waals surface area contributed by atoms with E-state index in [1.165, 1.54) is 5.56 Å². The summed E-state index contributed by atoms with van der Waals surface area (Å²) in [6.07, 6.45) is 0. The van der Waals surface area contributed by atoms with Crippen LogP contribution in [0, 0.1) is 0 Å². The van der Waals surface area contributed by atoms with E-state index in [9.17, 15) is 0 Å². The van der Waals surface area contributed by atoms with Crippen LogP contribution in [0.3, 0.4) is 0 Å². The summed E-state index contributed by atoms with van der Waals surface area (Å²) in [5.74, 6) is 1.00. The molecular formula is C15H24N2O2. The first-order valence-electron chi connectivity index (χ1n) is 6.92. The number of methoxy groups -OCH3 is 1. The summed E-state index contributed by atoms with van der Waals surface area (Å²) in [4.78, 5) is 2.31. The molecule has 0 fully saturated rings. The highest BCUT2D eigenvalue weighted by atomic mass is 16.5. The van der Waals surface area contributed by atoms with Crippen molar-refractivity contribution in [3.8, 4) is 5.75 Å². The quantitative estimate of drug-likeness (QED) is 0.847. The largest absolute Gasteiger partial charge is 0.492 e. The van der Waals surface area contributed by atoms with Crippen LogP contribution in [0.25, 0.3) is 0 Å². The van der Waals surface area contributed by atoms with Crippen LogP contribution in [0.2, 0.25) is 0 Å². The van der Waals surface area contributed by atoms with E-state index < -0.39 is 0 Å². The Bertz CT molecular complexity index is 397. The molecule has 0 saturated carbocycles. The fraction of sp³-hybridized carbons (Fsp3) is 0.600. The van der Waals surface area contributed by atoms with Crippen LogP contribution in [-0.2, 0) is 4.74 Å². The maximum atomic E-state index is 5.89. The van der Waals surface area contributed by atoms with Gasteiger partial charge in [-0.2, -0.15) is 0 Å². The average Bonchev–Trinajstić information content (AvgIpc) is 2.45. The Labute approximate surface area is 115 Å². The van der Waals surface area contributed by atoms with Gasteiger partial charge in [0.15, 0.2) is 0 Å². The zero-order valence-electron chi connectivity index (χ0n) is 12.1. The highest BCUT2D eigenvalue weighted by Crippen LogP contribution is 2.33. The van der Waals surface area contributed by atoms with Crippen LogP contribution < -0.4 is 10.1 Å². The molecule has 0 spiro atoms. The van der Waals surface area contributed by atoms with Gasteiger partial charge in [-0.15, -0.1) is 0 Å². The van der Waals surface area contributed by atoms with E-state index in [0.29, 0.717) is 12.1 Å². The van der Waals surface area contributed by atoms with Gasteiger partial charge in [0, 0.05) is 19.2 Å². The molecule has 1 N–H and O–H groups in total. The lowest BCUT2D eigenvalue weighted by atomic mass is 9.95. The molecule has 0 bridgehead atoms. The average molecular weight is 264 g/mol. The van der Waals surface area contributed by atoms with E-state index in [1.807, 2.05) is 12.1 Å². The second kappa shape index (κ2) is 6.89. The minimum absolute atomic E-state index is 0.316. The van der Waals surface area contributed by atoms with Gasteiger partial charge in [-0.3, -0.25) is 4.90 Å². The van der Waals surface area contributed by atoms with Crippen molar-refractivity contribution in [1.29, 1.82) is 0 Å². The highest BCUT2D eigenvalue weighted by molar-refractivity contribution is 5.38. The predicted molar refractivity (Wildman–Crippen MR) is 76.6 cm³/mol. The lowest BCUT2D eigenvalue weighted by Gasteiger charge is -2.39. The van der Waals surface area contributed by atoms with E-state index in [0.717, 1.165) is 32.1 Å². The van der Waals surface area contributed by atoms with Crippen LogP contribution in [-0.4, -0.2) is 51.4 Å². The summed E-state index contributed by atoms with van der Waals surface area (Å²) in [6, 6.07) is 8.95. The van der Waals surface area contributed by atoms with Gasteiger partial charge in [-0.05, 0) is 19.7 Å². The van der Waals surface area contributed by atoms with Crippen molar-refractivity contribution < 1.29 is 9.47 Å². The van der Waals surface area contributed by atoms with Crippen molar-refractivity contribution in [2.45, 2.75) is 19.0 Å². The third-order valence-electron chi connectivity index (χ3n) is 3.69. The summed E-state index contributed by atoms with van der Waals surface area (Å²) >= 11 is 0. The lowest BCUT2D eigenvalue weighted by molar-refractivity contribution is 0.0797.